The van der Waals surface area contributed by atoms with E-state index in [-0.39, 0.29) is 5.97 Å². The van der Waals surface area contributed by atoms with Gasteiger partial charge in [0, 0.05) is 5.75 Å². The summed E-state index contributed by atoms with van der Waals surface area (Å²) in [6.07, 6.45) is 3.30. The molecule has 1 atom stereocenters. The van der Waals surface area contributed by atoms with Gasteiger partial charge in [-0.1, -0.05) is 13.8 Å². The number of hydrogen-bond acceptors (Lipinski definition) is 4. The van der Waals surface area contributed by atoms with Crippen molar-refractivity contribution in [3.05, 3.63) is 0 Å². The lowest BCUT2D eigenvalue weighted by Crippen LogP contribution is -2.53. The maximum absolute atomic E-state index is 11.7. The van der Waals surface area contributed by atoms with Crippen LogP contribution in [-0.4, -0.2) is 30.1 Å². The van der Waals surface area contributed by atoms with Gasteiger partial charge in [0.25, 0.3) is 0 Å². The first-order valence-electron chi connectivity index (χ1n) is 5.95. The van der Waals surface area contributed by atoms with E-state index in [0.717, 1.165) is 18.6 Å². The quantitative estimate of drug-likeness (QED) is 0.551. The standard InChI is InChI=1S/C12H23NO2S/c1-9(2)6-7-16-8-12(13,10-4-5-10)11(14)15-3/h9-10H,4-8,13H2,1-3H3. The summed E-state index contributed by atoms with van der Waals surface area (Å²) in [6.45, 7) is 4.41. The van der Waals surface area contributed by atoms with E-state index < -0.39 is 5.54 Å². The molecule has 0 saturated heterocycles. The van der Waals surface area contributed by atoms with Crippen molar-refractivity contribution in [2.75, 3.05) is 18.6 Å². The van der Waals surface area contributed by atoms with Gasteiger partial charge in [0.05, 0.1) is 7.11 Å². The fraction of sp³-hybridized carbons (Fsp3) is 0.917. The van der Waals surface area contributed by atoms with Crippen molar-refractivity contribution >= 4 is 17.7 Å². The van der Waals surface area contributed by atoms with E-state index >= 15 is 0 Å². The number of ether oxygens (including phenoxy) is 1. The highest BCUT2D eigenvalue weighted by atomic mass is 32.2. The zero-order valence-corrected chi connectivity index (χ0v) is 11.3. The molecule has 1 rings (SSSR count). The van der Waals surface area contributed by atoms with Crippen LogP contribution in [0.5, 0.6) is 0 Å². The minimum absolute atomic E-state index is 0.243. The second kappa shape index (κ2) is 5.92. The summed E-state index contributed by atoms with van der Waals surface area (Å²) in [5.41, 5.74) is 5.44. The minimum atomic E-state index is -0.740. The molecule has 0 aromatic heterocycles. The molecule has 0 aliphatic heterocycles. The molecule has 1 unspecified atom stereocenters. The van der Waals surface area contributed by atoms with Crippen molar-refractivity contribution in [1.82, 2.24) is 0 Å². The fourth-order valence-corrected chi connectivity index (χ4v) is 3.17. The summed E-state index contributed by atoms with van der Waals surface area (Å²) >= 11 is 1.77. The number of nitrogens with two attached hydrogens (primary N) is 1. The van der Waals surface area contributed by atoms with Crippen molar-refractivity contribution in [2.24, 2.45) is 17.6 Å². The van der Waals surface area contributed by atoms with Gasteiger partial charge in [-0.3, -0.25) is 4.79 Å². The normalized spacial score (nSPS) is 19.6. The molecule has 0 heterocycles. The van der Waals surface area contributed by atoms with Crippen molar-refractivity contribution in [2.45, 2.75) is 38.6 Å². The number of esters is 1. The number of hydrogen-bond donors (Lipinski definition) is 1. The first kappa shape index (κ1) is 13.8. The van der Waals surface area contributed by atoms with Crippen LogP contribution >= 0.6 is 11.8 Å². The van der Waals surface area contributed by atoms with Gasteiger partial charge in [0.1, 0.15) is 5.54 Å². The van der Waals surface area contributed by atoms with Crippen LogP contribution in [0, 0.1) is 11.8 Å². The Bertz CT molecular complexity index is 241. The second-order valence-electron chi connectivity index (χ2n) is 5.04. The highest BCUT2D eigenvalue weighted by molar-refractivity contribution is 7.99. The Hall–Kier alpha value is -0.220. The minimum Gasteiger partial charge on any atom is -0.468 e. The lowest BCUT2D eigenvalue weighted by atomic mass is 9.97. The molecule has 0 amide bonds. The van der Waals surface area contributed by atoms with Gasteiger partial charge in [-0.25, -0.2) is 0 Å². The van der Waals surface area contributed by atoms with Crippen LogP contribution < -0.4 is 5.73 Å². The molecular formula is C12H23NO2S. The summed E-state index contributed by atoms with van der Waals surface area (Å²) in [5, 5.41) is 0. The predicted molar refractivity (Wildman–Crippen MR) is 68.4 cm³/mol. The average molecular weight is 245 g/mol. The Balaban J connectivity index is 2.36. The van der Waals surface area contributed by atoms with Crippen LogP contribution in [-0.2, 0) is 9.53 Å². The Morgan fingerprint density at radius 1 is 1.56 bits per heavy atom. The van der Waals surface area contributed by atoms with Crippen molar-refractivity contribution in [3.63, 3.8) is 0 Å². The summed E-state index contributed by atoms with van der Waals surface area (Å²) < 4.78 is 4.82. The van der Waals surface area contributed by atoms with Crippen molar-refractivity contribution < 1.29 is 9.53 Å². The van der Waals surface area contributed by atoms with Crippen LogP contribution in [0.25, 0.3) is 0 Å². The molecule has 1 saturated carbocycles. The Kier molecular flexibility index (Phi) is 5.12. The molecular weight excluding hydrogens is 222 g/mol. The largest absolute Gasteiger partial charge is 0.468 e. The van der Waals surface area contributed by atoms with Crippen LogP contribution in [0.2, 0.25) is 0 Å². The Morgan fingerprint density at radius 3 is 2.62 bits per heavy atom. The fourth-order valence-electron chi connectivity index (χ4n) is 1.69. The van der Waals surface area contributed by atoms with E-state index in [4.69, 9.17) is 10.5 Å². The third kappa shape index (κ3) is 3.67. The molecule has 2 N–H and O–H groups in total. The van der Waals surface area contributed by atoms with E-state index in [0.29, 0.717) is 17.6 Å². The third-order valence-corrected chi connectivity index (χ3v) is 4.26. The van der Waals surface area contributed by atoms with Gasteiger partial charge in [-0.05, 0) is 36.9 Å². The lowest BCUT2D eigenvalue weighted by molar-refractivity contribution is -0.146. The first-order chi connectivity index (χ1) is 7.50. The monoisotopic (exact) mass is 245 g/mol. The lowest BCUT2D eigenvalue weighted by Gasteiger charge is -2.26. The number of methoxy groups -OCH3 is 1. The highest BCUT2D eigenvalue weighted by Crippen LogP contribution is 2.40. The Morgan fingerprint density at radius 2 is 2.19 bits per heavy atom. The smallest absolute Gasteiger partial charge is 0.326 e. The number of rotatable bonds is 7. The van der Waals surface area contributed by atoms with Crippen LogP contribution in [0.1, 0.15) is 33.1 Å². The molecule has 1 fully saturated rings. The summed E-state index contributed by atoms with van der Waals surface area (Å²) in [5.74, 6) is 2.56. The highest BCUT2D eigenvalue weighted by Gasteiger charge is 2.48. The van der Waals surface area contributed by atoms with Gasteiger partial charge in [0.15, 0.2) is 0 Å². The predicted octanol–water partition coefficient (Wildman–Crippen LogP) is 2.05. The molecule has 0 bridgehead atoms. The molecule has 0 aromatic carbocycles. The van der Waals surface area contributed by atoms with E-state index in [1.807, 2.05) is 0 Å². The van der Waals surface area contributed by atoms with Crippen molar-refractivity contribution in [3.8, 4) is 0 Å². The van der Waals surface area contributed by atoms with Gasteiger partial charge in [-0.15, -0.1) is 0 Å². The average Bonchev–Trinajstić information content (AvgIpc) is 3.06. The molecule has 0 radical (unpaired) electrons. The Labute approximate surface area is 102 Å². The molecule has 1 aliphatic carbocycles. The van der Waals surface area contributed by atoms with Crippen LogP contribution in [0.15, 0.2) is 0 Å². The van der Waals surface area contributed by atoms with Crippen molar-refractivity contribution in [1.29, 1.82) is 0 Å². The van der Waals surface area contributed by atoms with Gasteiger partial charge >= 0.3 is 5.97 Å². The number of carbonyl (C=O) groups excluding carboxylic acids is 1. The molecule has 0 aromatic rings. The van der Waals surface area contributed by atoms with Gasteiger partial charge < -0.3 is 10.5 Å². The zero-order valence-electron chi connectivity index (χ0n) is 10.5. The van der Waals surface area contributed by atoms with Gasteiger partial charge in [0.2, 0.25) is 0 Å². The van der Waals surface area contributed by atoms with E-state index in [1.54, 1.807) is 11.8 Å². The summed E-state index contributed by atoms with van der Waals surface area (Å²) in [7, 11) is 1.42. The SMILES string of the molecule is COC(=O)C(N)(CSCCC(C)C)C1CC1. The van der Waals surface area contributed by atoms with E-state index in [9.17, 15) is 4.79 Å². The topological polar surface area (TPSA) is 52.3 Å². The number of carbonyl (C=O) groups is 1. The van der Waals surface area contributed by atoms with Gasteiger partial charge in [-0.2, -0.15) is 11.8 Å². The number of thioether (sulfide) groups is 1. The zero-order chi connectivity index (χ0) is 12.2. The third-order valence-electron chi connectivity index (χ3n) is 3.05. The molecule has 4 heteroatoms. The molecule has 3 nitrogen and oxygen atoms in total. The van der Waals surface area contributed by atoms with E-state index in [2.05, 4.69) is 13.8 Å². The van der Waals surface area contributed by atoms with E-state index in [1.165, 1.54) is 13.5 Å². The van der Waals surface area contributed by atoms with Crippen LogP contribution in [0.3, 0.4) is 0 Å². The molecule has 16 heavy (non-hydrogen) atoms. The second-order valence-corrected chi connectivity index (χ2v) is 6.15. The van der Waals surface area contributed by atoms with Crippen LogP contribution in [0.4, 0.5) is 0 Å². The molecule has 1 aliphatic rings. The summed E-state index contributed by atoms with van der Waals surface area (Å²) in [6, 6.07) is 0. The molecule has 94 valence electrons. The maximum Gasteiger partial charge on any atom is 0.326 e. The summed E-state index contributed by atoms with van der Waals surface area (Å²) in [4.78, 5) is 11.7. The first-order valence-corrected chi connectivity index (χ1v) is 7.11. The maximum atomic E-state index is 11.7. The molecule has 0 spiro atoms.